The molecule has 3 aromatic rings. The summed E-state index contributed by atoms with van der Waals surface area (Å²) in [6.07, 6.45) is 4.24. The summed E-state index contributed by atoms with van der Waals surface area (Å²) < 4.78 is 6.62. The lowest BCUT2D eigenvalue weighted by Crippen LogP contribution is -2.23. The number of H-pyrrole nitrogens is 1. The van der Waals surface area contributed by atoms with Crippen LogP contribution in [-0.4, -0.2) is 16.5 Å². The van der Waals surface area contributed by atoms with Gasteiger partial charge in [0.25, 0.3) is 5.56 Å². The van der Waals surface area contributed by atoms with Crippen LogP contribution in [0.3, 0.4) is 0 Å². The topological polar surface area (TPSA) is 84.9 Å². The average molecular weight is 376 g/mol. The summed E-state index contributed by atoms with van der Waals surface area (Å²) in [4.78, 5) is 20.1. The molecule has 0 radical (unpaired) electrons. The number of nitrogens with zero attached hydrogens (tertiary/aromatic N) is 1. The first kappa shape index (κ1) is 14.9. The monoisotopic (exact) mass is 375 g/mol. The van der Waals surface area contributed by atoms with E-state index in [0.717, 1.165) is 47.9 Å². The third-order valence-electron chi connectivity index (χ3n) is 4.87. The molecule has 23 heavy (non-hydrogen) atoms. The number of aromatic amines is 1. The predicted molar refractivity (Wildman–Crippen MR) is 93.6 cm³/mol. The van der Waals surface area contributed by atoms with E-state index in [0.29, 0.717) is 28.5 Å². The Morgan fingerprint density at radius 3 is 2.83 bits per heavy atom. The Morgan fingerprint density at radius 2 is 2.09 bits per heavy atom. The van der Waals surface area contributed by atoms with Crippen LogP contribution in [0.25, 0.3) is 22.1 Å². The van der Waals surface area contributed by atoms with E-state index in [1.165, 1.54) is 0 Å². The van der Waals surface area contributed by atoms with Gasteiger partial charge in [0.2, 0.25) is 5.58 Å². The van der Waals surface area contributed by atoms with Crippen molar-refractivity contribution in [2.24, 2.45) is 11.7 Å². The Balaban J connectivity index is 1.81. The molecule has 0 aliphatic heterocycles. The Morgan fingerprint density at radius 1 is 1.30 bits per heavy atom. The van der Waals surface area contributed by atoms with Gasteiger partial charge in [-0.25, -0.2) is 4.98 Å². The quantitative estimate of drug-likeness (QED) is 0.715. The Bertz CT molecular complexity index is 923. The van der Waals surface area contributed by atoms with Gasteiger partial charge < -0.3 is 15.1 Å². The molecule has 1 aliphatic rings. The van der Waals surface area contributed by atoms with Crippen LogP contribution in [0.4, 0.5) is 0 Å². The second-order valence-electron chi connectivity index (χ2n) is 6.32. The van der Waals surface area contributed by atoms with E-state index in [9.17, 15) is 4.79 Å². The van der Waals surface area contributed by atoms with Gasteiger partial charge in [-0.3, -0.25) is 4.79 Å². The van der Waals surface area contributed by atoms with Crippen LogP contribution in [0.1, 0.15) is 37.4 Å². The van der Waals surface area contributed by atoms with Crippen molar-refractivity contribution in [2.75, 3.05) is 6.54 Å². The highest BCUT2D eigenvalue weighted by Crippen LogP contribution is 2.35. The van der Waals surface area contributed by atoms with Crippen LogP contribution in [0.5, 0.6) is 0 Å². The van der Waals surface area contributed by atoms with E-state index < -0.39 is 0 Å². The summed E-state index contributed by atoms with van der Waals surface area (Å²) in [5.41, 5.74) is 7.20. The fourth-order valence-corrected chi connectivity index (χ4v) is 3.87. The molecule has 3 N–H and O–H groups in total. The molecule has 0 saturated heterocycles. The van der Waals surface area contributed by atoms with Gasteiger partial charge in [0.1, 0.15) is 16.9 Å². The summed E-state index contributed by atoms with van der Waals surface area (Å²) in [6, 6.07) is 5.70. The van der Waals surface area contributed by atoms with Crippen LogP contribution < -0.4 is 11.3 Å². The van der Waals surface area contributed by atoms with Crippen molar-refractivity contribution in [3.05, 3.63) is 38.9 Å². The van der Waals surface area contributed by atoms with Crippen LogP contribution >= 0.6 is 15.9 Å². The third kappa shape index (κ3) is 2.60. The lowest BCUT2D eigenvalue weighted by Gasteiger charge is -2.26. The third-order valence-corrected chi connectivity index (χ3v) is 5.36. The minimum atomic E-state index is -0.196. The van der Waals surface area contributed by atoms with Gasteiger partial charge in [0.15, 0.2) is 0 Å². The first-order valence-electron chi connectivity index (χ1n) is 7.97. The second kappa shape index (κ2) is 5.76. The zero-order valence-electron chi connectivity index (χ0n) is 12.6. The molecule has 1 fully saturated rings. The van der Waals surface area contributed by atoms with Gasteiger partial charge in [-0.2, -0.15) is 0 Å². The summed E-state index contributed by atoms with van der Waals surface area (Å²) in [7, 11) is 0. The van der Waals surface area contributed by atoms with Crippen molar-refractivity contribution in [3.63, 3.8) is 0 Å². The minimum absolute atomic E-state index is 0.196. The lowest BCUT2D eigenvalue weighted by molar-refractivity contribution is 0.325. The maximum Gasteiger partial charge on any atom is 0.294 e. The van der Waals surface area contributed by atoms with Crippen molar-refractivity contribution < 1.29 is 4.42 Å². The summed E-state index contributed by atoms with van der Waals surface area (Å²) in [5.74, 6) is 1.68. The van der Waals surface area contributed by atoms with Crippen LogP contribution in [0, 0.1) is 5.92 Å². The van der Waals surface area contributed by atoms with Gasteiger partial charge in [-0.05, 0) is 56.3 Å². The van der Waals surface area contributed by atoms with Crippen molar-refractivity contribution >= 4 is 38.0 Å². The van der Waals surface area contributed by atoms with Crippen LogP contribution in [0.15, 0.2) is 31.9 Å². The molecule has 5 nitrogen and oxygen atoms in total. The highest BCUT2D eigenvalue weighted by Gasteiger charge is 2.24. The molecular weight excluding hydrogens is 358 g/mol. The fourth-order valence-electron chi connectivity index (χ4n) is 3.51. The van der Waals surface area contributed by atoms with Crippen LogP contribution in [0.2, 0.25) is 0 Å². The maximum absolute atomic E-state index is 12.4. The number of halogens is 1. The van der Waals surface area contributed by atoms with Crippen molar-refractivity contribution in [1.29, 1.82) is 0 Å². The number of benzene rings is 1. The normalized spacial score (nSPS) is 22.0. The van der Waals surface area contributed by atoms with Gasteiger partial charge >= 0.3 is 0 Å². The number of rotatable bonds is 2. The number of nitrogens with two attached hydrogens (primary N) is 1. The molecule has 0 bridgehead atoms. The SMILES string of the molecule is NC[C@H]1CC[C@H](c2nc3c(oc4ccc(Br)cc43)c(=O)[nH]2)CC1. The molecule has 0 atom stereocenters. The molecule has 1 aliphatic carbocycles. The molecule has 4 rings (SSSR count). The number of aromatic nitrogens is 2. The fraction of sp³-hybridized carbons (Fsp3) is 0.412. The standard InChI is InChI=1S/C17H18BrN3O2/c18-11-5-6-13-12(7-11)14-15(23-13)17(22)21-16(20-14)10-3-1-9(8-19)2-4-10/h5-7,9-10H,1-4,8,19H2,(H,20,21,22)/t9-,10-. The molecule has 1 aromatic carbocycles. The van der Waals surface area contributed by atoms with E-state index >= 15 is 0 Å². The number of furan rings is 1. The van der Waals surface area contributed by atoms with Crippen LogP contribution in [-0.2, 0) is 0 Å². The molecule has 1 saturated carbocycles. The van der Waals surface area contributed by atoms with E-state index in [-0.39, 0.29) is 5.56 Å². The van der Waals surface area contributed by atoms with Gasteiger partial charge in [-0.1, -0.05) is 15.9 Å². The highest BCUT2D eigenvalue weighted by molar-refractivity contribution is 9.10. The molecule has 0 unspecified atom stereocenters. The summed E-state index contributed by atoms with van der Waals surface area (Å²) in [5, 5.41) is 0.873. The van der Waals surface area contributed by atoms with E-state index in [1.807, 2.05) is 18.2 Å². The van der Waals surface area contributed by atoms with Crippen molar-refractivity contribution in [2.45, 2.75) is 31.6 Å². The van der Waals surface area contributed by atoms with E-state index in [1.54, 1.807) is 0 Å². The molecule has 2 heterocycles. The average Bonchev–Trinajstić information content (AvgIpc) is 2.93. The zero-order valence-corrected chi connectivity index (χ0v) is 14.2. The highest BCUT2D eigenvalue weighted by atomic mass is 79.9. The number of fused-ring (bicyclic) bond motifs is 3. The second-order valence-corrected chi connectivity index (χ2v) is 7.24. The smallest absolute Gasteiger partial charge is 0.294 e. The molecule has 0 spiro atoms. The number of hydrogen-bond donors (Lipinski definition) is 2. The van der Waals surface area contributed by atoms with Gasteiger partial charge in [0, 0.05) is 15.8 Å². The molecule has 0 amide bonds. The molecule has 2 aromatic heterocycles. The van der Waals surface area contributed by atoms with Crippen molar-refractivity contribution in [1.82, 2.24) is 9.97 Å². The van der Waals surface area contributed by atoms with E-state index in [4.69, 9.17) is 15.1 Å². The number of nitrogens with one attached hydrogen (secondary N) is 1. The molecule has 120 valence electrons. The largest absolute Gasteiger partial charge is 0.449 e. The van der Waals surface area contributed by atoms with Gasteiger partial charge in [-0.15, -0.1) is 0 Å². The van der Waals surface area contributed by atoms with E-state index in [2.05, 4.69) is 20.9 Å². The van der Waals surface area contributed by atoms with Crippen molar-refractivity contribution in [3.8, 4) is 0 Å². The summed E-state index contributed by atoms with van der Waals surface area (Å²) >= 11 is 3.46. The zero-order chi connectivity index (χ0) is 16.0. The molecular formula is C17H18BrN3O2. The Labute approximate surface area is 141 Å². The lowest BCUT2D eigenvalue weighted by atomic mass is 9.81. The summed E-state index contributed by atoms with van der Waals surface area (Å²) in [6.45, 7) is 0.746. The first-order valence-corrected chi connectivity index (χ1v) is 8.77. The number of hydrogen-bond acceptors (Lipinski definition) is 4. The maximum atomic E-state index is 12.4. The Kier molecular flexibility index (Phi) is 3.73. The first-order chi connectivity index (χ1) is 11.2. The molecule has 6 heteroatoms. The predicted octanol–water partition coefficient (Wildman–Crippen LogP) is 3.66. The van der Waals surface area contributed by atoms with Gasteiger partial charge in [0.05, 0.1) is 0 Å². The Hall–Kier alpha value is -1.66. The minimum Gasteiger partial charge on any atom is -0.449 e.